The van der Waals surface area contributed by atoms with Crippen LogP contribution in [-0.4, -0.2) is 88.5 Å². The van der Waals surface area contributed by atoms with Gasteiger partial charge in [-0.05, 0) is 69.1 Å². The second-order valence-corrected chi connectivity index (χ2v) is 13.9. The molecular formula is C34H46N2O9S. The maximum absolute atomic E-state index is 14.3. The van der Waals surface area contributed by atoms with Gasteiger partial charge in [0.25, 0.3) is 0 Å². The Balaban J connectivity index is 1.37. The molecule has 0 unspecified atom stereocenters. The van der Waals surface area contributed by atoms with Crippen LogP contribution in [0.15, 0.2) is 65.6 Å². The number of ether oxygens (including phenoxy) is 5. The Hall–Kier alpha value is -3.16. The second kappa shape index (κ2) is 16.6. The molecule has 2 fully saturated rings. The number of hydrogen-bond donors (Lipinski definition) is 2. The van der Waals surface area contributed by atoms with E-state index < -0.39 is 34.4 Å². The zero-order valence-corrected chi connectivity index (χ0v) is 27.2. The van der Waals surface area contributed by atoms with Crippen molar-refractivity contribution in [2.45, 2.75) is 80.8 Å². The largest absolute Gasteiger partial charge is 0.497 e. The summed E-state index contributed by atoms with van der Waals surface area (Å²) in [5.74, 6) is 0.652. The van der Waals surface area contributed by atoms with Crippen LogP contribution in [-0.2, 0) is 30.7 Å². The van der Waals surface area contributed by atoms with Crippen LogP contribution >= 0.6 is 0 Å². The number of carbonyl (C=O) groups excluding carboxylic acids is 1. The molecule has 0 aliphatic carbocycles. The number of aliphatic hydroxyl groups excluding tert-OH is 1. The third kappa shape index (κ3) is 9.01. The number of carbonyl (C=O) groups is 1. The van der Waals surface area contributed by atoms with Crippen LogP contribution in [0.3, 0.4) is 0 Å². The highest BCUT2D eigenvalue weighted by atomic mass is 32.2. The summed E-state index contributed by atoms with van der Waals surface area (Å²) < 4.78 is 58.1. The molecule has 0 spiro atoms. The SMILES string of the molecule is COc1ccc2c(c1)OCCCCC=CCCCCN(C[C@@H](O)[C@H](Cc1ccccc1)NC(=O)O[C@H]1CO[C@H]3OCC[C@H]31)S2(=O)=O. The monoisotopic (exact) mass is 658 g/mol. The lowest BCUT2D eigenvalue weighted by Gasteiger charge is -2.30. The number of methoxy groups -OCH3 is 1. The minimum atomic E-state index is -4.12. The Bertz CT molecular complexity index is 1400. The highest BCUT2D eigenvalue weighted by Crippen LogP contribution is 2.34. The van der Waals surface area contributed by atoms with Crippen LogP contribution in [0.25, 0.3) is 0 Å². The third-order valence-corrected chi connectivity index (χ3v) is 10.6. The average molecular weight is 659 g/mol. The van der Waals surface area contributed by atoms with E-state index in [-0.39, 0.29) is 49.0 Å². The fourth-order valence-electron chi connectivity index (χ4n) is 6.08. The summed E-state index contributed by atoms with van der Waals surface area (Å²) in [4.78, 5) is 13.2. The van der Waals surface area contributed by atoms with Crippen molar-refractivity contribution in [3.63, 3.8) is 0 Å². The number of allylic oxidation sites excluding steroid dienone is 2. The summed E-state index contributed by atoms with van der Waals surface area (Å²) in [6.45, 7) is 1.09. The van der Waals surface area contributed by atoms with Gasteiger partial charge in [0.15, 0.2) is 6.29 Å². The van der Waals surface area contributed by atoms with E-state index in [1.54, 1.807) is 12.1 Å². The molecule has 11 nitrogen and oxygen atoms in total. The molecule has 0 radical (unpaired) electrons. The molecule has 2 N–H and O–H groups in total. The molecule has 1 amide bonds. The third-order valence-electron chi connectivity index (χ3n) is 8.69. The topological polar surface area (TPSA) is 133 Å². The van der Waals surface area contributed by atoms with Crippen LogP contribution in [0.1, 0.15) is 50.5 Å². The van der Waals surface area contributed by atoms with Crippen molar-refractivity contribution in [3.05, 3.63) is 66.2 Å². The molecular weight excluding hydrogens is 612 g/mol. The van der Waals surface area contributed by atoms with E-state index in [9.17, 15) is 18.3 Å². The minimum Gasteiger partial charge on any atom is -0.497 e. The van der Waals surface area contributed by atoms with Gasteiger partial charge in [-0.3, -0.25) is 0 Å². The fraction of sp³-hybridized carbons (Fsp3) is 0.559. The van der Waals surface area contributed by atoms with Crippen LogP contribution in [0, 0.1) is 5.92 Å². The summed E-state index contributed by atoms with van der Waals surface area (Å²) in [7, 11) is -2.61. The first-order valence-corrected chi connectivity index (χ1v) is 17.7. The van der Waals surface area contributed by atoms with Gasteiger partial charge in [0, 0.05) is 19.2 Å². The summed E-state index contributed by atoms with van der Waals surface area (Å²) in [6.07, 6.45) is 7.37. The van der Waals surface area contributed by atoms with Gasteiger partial charge in [-0.1, -0.05) is 42.5 Å². The van der Waals surface area contributed by atoms with Crippen molar-refractivity contribution < 1.29 is 42.0 Å². The van der Waals surface area contributed by atoms with Crippen LogP contribution in [0.2, 0.25) is 0 Å². The van der Waals surface area contributed by atoms with E-state index in [2.05, 4.69) is 17.5 Å². The predicted octanol–water partition coefficient (Wildman–Crippen LogP) is 4.43. The highest BCUT2D eigenvalue weighted by molar-refractivity contribution is 7.89. The van der Waals surface area contributed by atoms with Crippen molar-refractivity contribution in [2.75, 3.05) is 40.0 Å². The first kappa shape index (κ1) is 34.2. The molecule has 2 saturated heterocycles. The Kier molecular flexibility index (Phi) is 12.3. The van der Waals surface area contributed by atoms with Gasteiger partial charge < -0.3 is 34.1 Å². The van der Waals surface area contributed by atoms with E-state index in [1.165, 1.54) is 17.5 Å². The van der Waals surface area contributed by atoms with E-state index in [0.29, 0.717) is 25.4 Å². The molecule has 2 aromatic carbocycles. The molecule has 3 aliphatic rings. The molecule has 12 heteroatoms. The number of amides is 1. The Labute approximate surface area is 271 Å². The molecule has 5 rings (SSSR count). The number of alkyl carbamates (subject to hydrolysis) is 1. The average Bonchev–Trinajstić information content (AvgIpc) is 3.67. The first-order chi connectivity index (χ1) is 22.3. The van der Waals surface area contributed by atoms with Crippen LogP contribution < -0.4 is 14.8 Å². The van der Waals surface area contributed by atoms with Gasteiger partial charge >= 0.3 is 6.09 Å². The predicted molar refractivity (Wildman–Crippen MR) is 171 cm³/mol. The summed E-state index contributed by atoms with van der Waals surface area (Å²) in [6, 6.07) is 13.3. The van der Waals surface area contributed by atoms with Gasteiger partial charge in [0.1, 0.15) is 22.5 Å². The first-order valence-electron chi connectivity index (χ1n) is 16.2. The number of rotatable bonds is 8. The Morgan fingerprint density at radius 1 is 1.04 bits per heavy atom. The zero-order chi connectivity index (χ0) is 32.4. The smallest absolute Gasteiger partial charge is 0.407 e. The highest BCUT2D eigenvalue weighted by Gasteiger charge is 2.44. The lowest BCUT2D eigenvalue weighted by Crippen LogP contribution is -2.51. The molecule has 0 aromatic heterocycles. The Morgan fingerprint density at radius 3 is 2.61 bits per heavy atom. The van der Waals surface area contributed by atoms with Crippen molar-refractivity contribution in [1.82, 2.24) is 9.62 Å². The van der Waals surface area contributed by atoms with Crippen LogP contribution in [0.4, 0.5) is 4.79 Å². The quantitative estimate of drug-likeness (QED) is 0.395. The molecule has 46 heavy (non-hydrogen) atoms. The van der Waals surface area contributed by atoms with E-state index in [4.69, 9.17) is 23.7 Å². The lowest BCUT2D eigenvalue weighted by atomic mass is 10.0. The fourth-order valence-corrected chi connectivity index (χ4v) is 7.69. The number of β-amino-alcohol motifs (C(OH)–C–C–N with tert-alkyl or cyclic N) is 1. The number of hydrogen-bond acceptors (Lipinski definition) is 9. The van der Waals surface area contributed by atoms with Gasteiger partial charge in [0.05, 0.1) is 45.0 Å². The number of nitrogens with zero attached hydrogens (tertiary/aromatic N) is 1. The van der Waals surface area contributed by atoms with Gasteiger partial charge in [0.2, 0.25) is 10.0 Å². The molecule has 252 valence electrons. The van der Waals surface area contributed by atoms with E-state index in [0.717, 1.165) is 44.1 Å². The van der Waals surface area contributed by atoms with Crippen molar-refractivity contribution in [3.8, 4) is 11.5 Å². The maximum atomic E-state index is 14.3. The molecule has 0 bridgehead atoms. The lowest BCUT2D eigenvalue weighted by molar-refractivity contribution is -0.0907. The number of sulfonamides is 1. The van der Waals surface area contributed by atoms with E-state index in [1.807, 2.05) is 30.3 Å². The number of aliphatic hydroxyl groups is 1. The Morgan fingerprint density at radius 2 is 1.83 bits per heavy atom. The standard InChI is InChI=1S/C34H46N2O9S/c1-41-26-15-16-32-30(22-26)42-19-12-7-5-3-2-4-6-11-18-36(46(32,39)40)23-29(37)28(21-25-13-9-8-10-14-25)35-34(38)45-31-24-44-33-27(31)17-20-43-33/h2-3,8-10,13-16,22,27-29,31,33,37H,4-7,11-12,17-21,23-24H2,1H3,(H,35,38)/t27-,28-,29+,31-,33+/m0/s1. The van der Waals surface area contributed by atoms with Gasteiger partial charge in [-0.2, -0.15) is 4.31 Å². The van der Waals surface area contributed by atoms with Crippen molar-refractivity contribution in [2.24, 2.45) is 5.92 Å². The maximum Gasteiger partial charge on any atom is 0.407 e. The molecule has 5 atom stereocenters. The second-order valence-electron chi connectivity index (χ2n) is 12.0. The van der Waals surface area contributed by atoms with Crippen molar-refractivity contribution in [1.29, 1.82) is 0 Å². The summed E-state index contributed by atoms with van der Waals surface area (Å²) in [5.41, 5.74) is 0.873. The number of fused-ring (bicyclic) bond motifs is 2. The molecule has 2 aromatic rings. The molecule has 3 aliphatic heterocycles. The molecule has 0 saturated carbocycles. The van der Waals surface area contributed by atoms with Crippen molar-refractivity contribution >= 4 is 16.1 Å². The number of nitrogens with one attached hydrogen (secondary N) is 1. The van der Waals surface area contributed by atoms with E-state index >= 15 is 0 Å². The minimum absolute atomic E-state index is 0.00930. The zero-order valence-electron chi connectivity index (χ0n) is 26.4. The normalized spacial score (nSPS) is 25.1. The summed E-state index contributed by atoms with van der Waals surface area (Å²) >= 11 is 0. The molecule has 3 heterocycles. The summed E-state index contributed by atoms with van der Waals surface area (Å²) in [5, 5.41) is 14.5. The number of benzene rings is 2. The van der Waals surface area contributed by atoms with Crippen LogP contribution in [0.5, 0.6) is 11.5 Å². The van der Waals surface area contributed by atoms with Gasteiger partial charge in [-0.25, -0.2) is 13.2 Å². The van der Waals surface area contributed by atoms with Gasteiger partial charge in [-0.15, -0.1) is 0 Å².